The molecule has 1 aliphatic rings. The number of carbonyl (C=O) groups is 2. The van der Waals surface area contributed by atoms with Gasteiger partial charge in [-0.25, -0.2) is 0 Å². The van der Waals surface area contributed by atoms with Crippen LogP contribution < -0.4 is 10.4 Å². The summed E-state index contributed by atoms with van der Waals surface area (Å²) in [4.78, 5) is 25.3. The molecule has 0 fully saturated rings. The van der Waals surface area contributed by atoms with E-state index < -0.39 is 11.7 Å². The van der Waals surface area contributed by atoms with Crippen LogP contribution in [0.1, 0.15) is 15.9 Å². The van der Waals surface area contributed by atoms with Crippen LogP contribution in [0.5, 0.6) is 0 Å². The molecular formula is C15H10BNO2. The van der Waals surface area contributed by atoms with Crippen LogP contribution in [0.2, 0.25) is 0 Å². The summed E-state index contributed by atoms with van der Waals surface area (Å²) in [5, 5.41) is 0. The maximum Gasteiger partial charge on any atom is 0.299 e. The minimum atomic E-state index is -0.474. The maximum atomic E-state index is 12.0. The summed E-state index contributed by atoms with van der Waals surface area (Å²) in [6.07, 6.45) is 0. The molecule has 0 bridgehead atoms. The van der Waals surface area contributed by atoms with E-state index in [1.807, 2.05) is 18.2 Å². The number of carbonyl (C=O) groups excluding carboxylic acids is 2. The Morgan fingerprint density at radius 1 is 0.947 bits per heavy atom. The van der Waals surface area contributed by atoms with Crippen LogP contribution in [0.3, 0.4) is 0 Å². The van der Waals surface area contributed by atoms with Crippen LogP contribution >= 0.6 is 0 Å². The number of anilines is 1. The second kappa shape index (κ2) is 4.39. The number of benzene rings is 2. The van der Waals surface area contributed by atoms with Gasteiger partial charge in [0.25, 0.3) is 11.7 Å². The summed E-state index contributed by atoms with van der Waals surface area (Å²) in [6.45, 7) is 0.377. The molecule has 3 rings (SSSR count). The van der Waals surface area contributed by atoms with Gasteiger partial charge in [0.15, 0.2) is 0 Å². The summed E-state index contributed by atoms with van der Waals surface area (Å²) in [5.41, 5.74) is 2.76. The Balaban J connectivity index is 1.95. The summed E-state index contributed by atoms with van der Waals surface area (Å²) in [6, 6.07) is 14.3. The zero-order valence-electron chi connectivity index (χ0n) is 10.2. The Hall–Kier alpha value is -2.36. The van der Waals surface area contributed by atoms with Gasteiger partial charge in [-0.3, -0.25) is 9.59 Å². The van der Waals surface area contributed by atoms with Crippen molar-refractivity contribution in [3.8, 4) is 0 Å². The second-order valence-electron chi connectivity index (χ2n) is 4.48. The highest BCUT2D eigenvalue weighted by atomic mass is 16.2. The SMILES string of the molecule is [B]c1ccc(CN2C(=O)C(=O)c3ccccc32)cc1. The van der Waals surface area contributed by atoms with E-state index in [2.05, 4.69) is 0 Å². The molecule has 19 heavy (non-hydrogen) atoms. The predicted molar refractivity (Wildman–Crippen MR) is 73.8 cm³/mol. The van der Waals surface area contributed by atoms with E-state index in [0.717, 1.165) is 5.56 Å². The van der Waals surface area contributed by atoms with Gasteiger partial charge in [-0.2, -0.15) is 0 Å². The first kappa shape index (κ1) is 11.7. The van der Waals surface area contributed by atoms with Gasteiger partial charge >= 0.3 is 0 Å². The highest BCUT2D eigenvalue weighted by Crippen LogP contribution is 2.29. The highest BCUT2D eigenvalue weighted by Gasteiger charge is 2.35. The third kappa shape index (κ3) is 1.95. The molecule has 4 heteroatoms. The maximum absolute atomic E-state index is 12.0. The van der Waals surface area contributed by atoms with Gasteiger partial charge in [0.2, 0.25) is 0 Å². The number of nitrogens with zero attached hydrogens (tertiary/aromatic N) is 1. The number of hydrogen-bond donors (Lipinski definition) is 0. The van der Waals surface area contributed by atoms with Crippen LogP contribution in [-0.4, -0.2) is 19.5 Å². The van der Waals surface area contributed by atoms with Gasteiger partial charge in [-0.15, -0.1) is 0 Å². The Kier molecular flexibility index (Phi) is 2.71. The number of rotatable bonds is 2. The largest absolute Gasteiger partial charge is 0.300 e. The van der Waals surface area contributed by atoms with E-state index >= 15 is 0 Å². The molecule has 0 unspecified atom stereocenters. The Morgan fingerprint density at radius 2 is 1.63 bits per heavy atom. The van der Waals surface area contributed by atoms with Gasteiger partial charge in [-0.05, 0) is 17.7 Å². The minimum Gasteiger partial charge on any atom is -0.300 e. The number of Topliss-reactive ketones (excluding diaryl/α,β-unsaturated/α-hetero) is 1. The first-order chi connectivity index (χ1) is 9.16. The van der Waals surface area contributed by atoms with Gasteiger partial charge in [0, 0.05) is 0 Å². The monoisotopic (exact) mass is 247 g/mol. The number of amides is 1. The molecule has 2 aromatic rings. The van der Waals surface area contributed by atoms with Gasteiger partial charge in [-0.1, -0.05) is 41.9 Å². The van der Waals surface area contributed by atoms with Crippen molar-refractivity contribution >= 4 is 30.7 Å². The fourth-order valence-electron chi connectivity index (χ4n) is 2.21. The summed E-state index contributed by atoms with van der Waals surface area (Å²) < 4.78 is 0. The van der Waals surface area contributed by atoms with Gasteiger partial charge in [0.1, 0.15) is 7.85 Å². The molecule has 1 heterocycles. The van der Waals surface area contributed by atoms with Crippen molar-refractivity contribution in [1.82, 2.24) is 0 Å². The van der Waals surface area contributed by atoms with Crippen LogP contribution in [0, 0.1) is 0 Å². The van der Waals surface area contributed by atoms with Crippen LogP contribution in [0.25, 0.3) is 0 Å². The van der Waals surface area contributed by atoms with Gasteiger partial charge < -0.3 is 4.90 Å². The molecular weight excluding hydrogens is 237 g/mol. The fourth-order valence-corrected chi connectivity index (χ4v) is 2.21. The van der Waals surface area contributed by atoms with Crippen molar-refractivity contribution in [1.29, 1.82) is 0 Å². The lowest BCUT2D eigenvalue weighted by atomic mass is 9.95. The fraction of sp³-hybridized carbons (Fsp3) is 0.0667. The van der Waals surface area contributed by atoms with E-state index in [1.165, 1.54) is 4.90 Å². The van der Waals surface area contributed by atoms with E-state index in [9.17, 15) is 9.59 Å². The number of para-hydroxylation sites is 1. The van der Waals surface area contributed by atoms with Crippen LogP contribution in [0.15, 0.2) is 48.5 Å². The van der Waals surface area contributed by atoms with Crippen molar-refractivity contribution in [2.75, 3.05) is 4.90 Å². The molecule has 0 N–H and O–H groups in total. The molecule has 90 valence electrons. The molecule has 1 amide bonds. The number of ketones is 1. The van der Waals surface area contributed by atoms with Crippen molar-refractivity contribution in [2.24, 2.45) is 0 Å². The third-order valence-corrected chi connectivity index (χ3v) is 3.20. The second-order valence-corrected chi connectivity index (χ2v) is 4.48. The van der Waals surface area contributed by atoms with Crippen molar-refractivity contribution in [3.63, 3.8) is 0 Å². The van der Waals surface area contributed by atoms with Crippen molar-refractivity contribution < 1.29 is 9.59 Å². The normalized spacial score (nSPS) is 13.8. The molecule has 0 aliphatic carbocycles. The lowest BCUT2D eigenvalue weighted by Gasteiger charge is -2.16. The Morgan fingerprint density at radius 3 is 2.37 bits per heavy atom. The summed E-state index contributed by atoms with van der Waals surface area (Å²) >= 11 is 0. The van der Waals surface area contributed by atoms with Gasteiger partial charge in [0.05, 0.1) is 17.8 Å². The average Bonchev–Trinajstić information content (AvgIpc) is 2.67. The van der Waals surface area contributed by atoms with E-state index in [0.29, 0.717) is 23.3 Å². The molecule has 0 spiro atoms. The summed E-state index contributed by atoms with van der Waals surface area (Å²) in [7, 11) is 5.63. The lowest BCUT2D eigenvalue weighted by Crippen LogP contribution is -2.29. The minimum absolute atomic E-state index is 0.377. The van der Waals surface area contributed by atoms with E-state index in [-0.39, 0.29) is 0 Å². The predicted octanol–water partition coefficient (Wildman–Crippen LogP) is 1.21. The van der Waals surface area contributed by atoms with Crippen LogP contribution in [-0.2, 0) is 11.3 Å². The highest BCUT2D eigenvalue weighted by molar-refractivity contribution is 6.52. The number of fused-ring (bicyclic) bond motifs is 1. The standard InChI is InChI=1S/C15H10BNO2/c16-11-7-5-10(6-8-11)9-17-13-4-2-1-3-12(13)14(18)15(17)19/h1-8H,9H2. The van der Waals surface area contributed by atoms with E-state index in [4.69, 9.17) is 7.85 Å². The molecule has 0 saturated heterocycles. The molecule has 2 aromatic carbocycles. The zero-order valence-corrected chi connectivity index (χ0v) is 10.2. The van der Waals surface area contributed by atoms with E-state index in [1.54, 1.807) is 30.3 Å². The first-order valence-corrected chi connectivity index (χ1v) is 5.96. The molecule has 0 saturated carbocycles. The quantitative estimate of drug-likeness (QED) is 0.590. The molecule has 1 aliphatic heterocycles. The van der Waals surface area contributed by atoms with Crippen molar-refractivity contribution in [2.45, 2.75) is 6.54 Å². The topological polar surface area (TPSA) is 37.4 Å². The first-order valence-electron chi connectivity index (χ1n) is 5.96. The smallest absolute Gasteiger partial charge is 0.299 e. The Labute approximate surface area is 112 Å². The van der Waals surface area contributed by atoms with Crippen LogP contribution in [0.4, 0.5) is 5.69 Å². The Bertz CT molecular complexity index is 664. The molecule has 0 aromatic heterocycles. The third-order valence-electron chi connectivity index (χ3n) is 3.20. The molecule has 3 nitrogen and oxygen atoms in total. The number of hydrogen-bond acceptors (Lipinski definition) is 2. The average molecular weight is 247 g/mol. The van der Waals surface area contributed by atoms with Crippen molar-refractivity contribution in [3.05, 3.63) is 59.7 Å². The molecule has 2 radical (unpaired) electrons. The zero-order chi connectivity index (χ0) is 13.4. The summed E-state index contributed by atoms with van der Waals surface area (Å²) in [5.74, 6) is -0.913. The molecule has 0 atom stereocenters. The lowest BCUT2D eigenvalue weighted by molar-refractivity contribution is -0.114.